The number of carbonyl (C=O) groups excluding carboxylic acids is 4. The lowest BCUT2D eigenvalue weighted by molar-refractivity contribution is -0.161. The molecule has 0 bridgehead atoms. The highest BCUT2D eigenvalue weighted by Crippen LogP contribution is 2.45. The maximum atomic E-state index is 13.1. The van der Waals surface area contributed by atoms with Crippen LogP contribution in [0.25, 0.3) is 0 Å². The van der Waals surface area contributed by atoms with E-state index in [1.54, 1.807) is 0 Å². The Morgan fingerprint density at radius 2 is 0.516 bits per heavy atom. The van der Waals surface area contributed by atoms with Gasteiger partial charge in [0.1, 0.15) is 19.3 Å². The first kappa shape index (κ1) is 91.1. The molecule has 3 N–H and O–H groups in total. The van der Waals surface area contributed by atoms with Crippen LogP contribution >= 0.6 is 15.6 Å². The summed E-state index contributed by atoms with van der Waals surface area (Å²) in [5.74, 6) is 0.961. The van der Waals surface area contributed by atoms with Crippen molar-refractivity contribution in [2.24, 2.45) is 23.7 Å². The third kappa shape index (κ3) is 65.8. The van der Waals surface area contributed by atoms with Gasteiger partial charge in [0, 0.05) is 25.7 Å². The molecule has 19 heteroatoms. The van der Waals surface area contributed by atoms with E-state index in [0.717, 1.165) is 114 Å². The van der Waals surface area contributed by atoms with E-state index in [0.29, 0.717) is 25.7 Å². The van der Waals surface area contributed by atoms with Crippen molar-refractivity contribution >= 4 is 39.5 Å². The number of rotatable bonds is 71. The van der Waals surface area contributed by atoms with Crippen molar-refractivity contribution in [3.63, 3.8) is 0 Å². The summed E-state index contributed by atoms with van der Waals surface area (Å²) < 4.78 is 68.4. The fourth-order valence-electron chi connectivity index (χ4n) is 11.1. The topological polar surface area (TPSA) is 237 Å². The van der Waals surface area contributed by atoms with E-state index in [1.807, 2.05) is 0 Å². The van der Waals surface area contributed by atoms with Crippen LogP contribution in [0.3, 0.4) is 0 Å². The number of phosphoric acid groups is 2. The van der Waals surface area contributed by atoms with E-state index in [9.17, 15) is 43.2 Å². The molecule has 93 heavy (non-hydrogen) atoms. The lowest BCUT2D eigenvalue weighted by Crippen LogP contribution is -2.30. The number of phosphoric ester groups is 2. The predicted octanol–water partition coefficient (Wildman–Crippen LogP) is 21.3. The average molecular weight is 1370 g/mol. The molecular formula is C74H144O17P2. The van der Waals surface area contributed by atoms with Gasteiger partial charge in [0.2, 0.25) is 0 Å². The second-order valence-electron chi connectivity index (χ2n) is 28.1. The summed E-state index contributed by atoms with van der Waals surface area (Å²) in [6.45, 7) is 14.2. The van der Waals surface area contributed by atoms with Crippen LogP contribution in [0, 0.1) is 23.7 Å². The molecule has 0 aromatic heterocycles. The third-order valence-electron chi connectivity index (χ3n) is 17.8. The third-order valence-corrected chi connectivity index (χ3v) is 19.7. The zero-order chi connectivity index (χ0) is 68.9. The molecule has 0 aliphatic carbocycles. The van der Waals surface area contributed by atoms with Gasteiger partial charge in [-0.1, -0.05) is 319 Å². The minimum absolute atomic E-state index is 0.104. The minimum atomic E-state index is -4.96. The monoisotopic (exact) mass is 1370 g/mol. The minimum Gasteiger partial charge on any atom is -0.462 e. The molecule has 0 aromatic rings. The Morgan fingerprint density at radius 3 is 0.763 bits per heavy atom. The van der Waals surface area contributed by atoms with Crippen molar-refractivity contribution in [3.8, 4) is 0 Å². The molecule has 0 aliphatic rings. The van der Waals surface area contributed by atoms with Crippen LogP contribution in [0.1, 0.15) is 370 Å². The fraction of sp³-hybridized carbons (Fsp3) is 0.946. The Kier molecular flexibility index (Phi) is 62.2. The molecule has 0 aliphatic heterocycles. The Labute approximate surface area is 568 Å². The van der Waals surface area contributed by atoms with Gasteiger partial charge in [0.25, 0.3) is 0 Å². The van der Waals surface area contributed by atoms with Gasteiger partial charge in [0.05, 0.1) is 26.4 Å². The number of unbranched alkanes of at least 4 members (excludes halogenated alkanes) is 35. The molecule has 552 valence electrons. The molecule has 0 fully saturated rings. The Morgan fingerprint density at radius 1 is 0.301 bits per heavy atom. The number of hydrogen-bond donors (Lipinski definition) is 3. The Hall–Kier alpha value is -1.94. The van der Waals surface area contributed by atoms with Gasteiger partial charge in [-0.15, -0.1) is 0 Å². The Balaban J connectivity index is 5.25. The second kappa shape index (κ2) is 63.5. The Bertz CT molecular complexity index is 1840. The normalized spacial score (nSPS) is 14.8. The van der Waals surface area contributed by atoms with E-state index in [2.05, 4.69) is 55.4 Å². The summed E-state index contributed by atoms with van der Waals surface area (Å²) in [5.41, 5.74) is 0. The van der Waals surface area contributed by atoms with Gasteiger partial charge >= 0.3 is 39.5 Å². The molecule has 0 aromatic carbocycles. The average Bonchev–Trinajstić information content (AvgIpc) is 1.61. The van der Waals surface area contributed by atoms with Crippen LogP contribution in [0.4, 0.5) is 0 Å². The zero-order valence-corrected chi connectivity index (χ0v) is 62.7. The van der Waals surface area contributed by atoms with Crippen molar-refractivity contribution in [2.75, 3.05) is 39.6 Å². The second-order valence-corrected chi connectivity index (χ2v) is 31.0. The van der Waals surface area contributed by atoms with Gasteiger partial charge in [-0.3, -0.25) is 37.3 Å². The van der Waals surface area contributed by atoms with Crippen molar-refractivity contribution < 1.29 is 80.2 Å². The van der Waals surface area contributed by atoms with Gasteiger partial charge in [-0.05, 0) is 49.4 Å². The van der Waals surface area contributed by atoms with Crippen LogP contribution in [0.2, 0.25) is 0 Å². The van der Waals surface area contributed by atoms with Crippen molar-refractivity contribution in [2.45, 2.75) is 388 Å². The van der Waals surface area contributed by atoms with Gasteiger partial charge < -0.3 is 33.8 Å². The highest BCUT2D eigenvalue weighted by Gasteiger charge is 2.30. The largest absolute Gasteiger partial charge is 0.472 e. The molecule has 5 unspecified atom stereocenters. The maximum absolute atomic E-state index is 13.1. The highest BCUT2D eigenvalue weighted by atomic mass is 31.2. The van der Waals surface area contributed by atoms with Gasteiger partial charge in [-0.2, -0.15) is 0 Å². The molecule has 0 saturated carbocycles. The predicted molar refractivity (Wildman–Crippen MR) is 377 cm³/mol. The quantitative estimate of drug-likeness (QED) is 0.0222. The molecule has 0 saturated heterocycles. The number of aliphatic hydroxyl groups is 1. The van der Waals surface area contributed by atoms with Crippen molar-refractivity contribution in [1.29, 1.82) is 0 Å². The van der Waals surface area contributed by atoms with E-state index < -0.39 is 97.5 Å². The number of ether oxygens (including phenoxy) is 4. The van der Waals surface area contributed by atoms with E-state index >= 15 is 0 Å². The van der Waals surface area contributed by atoms with Crippen LogP contribution in [0.15, 0.2) is 0 Å². The molecule has 0 rings (SSSR count). The van der Waals surface area contributed by atoms with E-state index in [4.69, 9.17) is 37.0 Å². The first-order valence-corrected chi connectivity index (χ1v) is 41.3. The number of hydrogen-bond acceptors (Lipinski definition) is 15. The SMILES string of the molecule is CCC(C)CCCCCCCCCCCCCCCCC(=O)O[C@H](COC(=O)CCCCCCCCCCC(C)CC)COP(=O)(O)OCC(O)COP(=O)(O)OC[C@@H](COC(=O)CCCCCCCCCCC(C)C)OC(=O)CCCCCCCCCCCC(C)C. The summed E-state index contributed by atoms with van der Waals surface area (Å²) in [5, 5.41) is 10.6. The zero-order valence-electron chi connectivity index (χ0n) is 60.9. The lowest BCUT2D eigenvalue weighted by Gasteiger charge is -2.21. The van der Waals surface area contributed by atoms with E-state index in [1.165, 1.54) is 173 Å². The fourth-order valence-corrected chi connectivity index (χ4v) is 12.7. The maximum Gasteiger partial charge on any atom is 0.472 e. The molecular weight excluding hydrogens is 1220 g/mol. The van der Waals surface area contributed by atoms with Crippen LogP contribution in [-0.4, -0.2) is 96.7 Å². The molecule has 0 heterocycles. The highest BCUT2D eigenvalue weighted by molar-refractivity contribution is 7.47. The first-order chi connectivity index (χ1) is 44.7. The summed E-state index contributed by atoms with van der Waals surface area (Å²) in [4.78, 5) is 72.7. The molecule has 0 radical (unpaired) electrons. The van der Waals surface area contributed by atoms with Gasteiger partial charge in [-0.25, -0.2) is 9.13 Å². The summed E-state index contributed by atoms with van der Waals surface area (Å²) >= 11 is 0. The van der Waals surface area contributed by atoms with Crippen molar-refractivity contribution in [1.82, 2.24) is 0 Å². The molecule has 0 amide bonds. The van der Waals surface area contributed by atoms with Gasteiger partial charge in [0.15, 0.2) is 12.2 Å². The first-order valence-electron chi connectivity index (χ1n) is 38.3. The summed E-state index contributed by atoms with van der Waals surface area (Å²) in [7, 11) is -9.91. The molecule has 17 nitrogen and oxygen atoms in total. The van der Waals surface area contributed by atoms with Crippen LogP contribution in [-0.2, 0) is 65.4 Å². The number of aliphatic hydroxyl groups excluding tert-OH is 1. The summed E-state index contributed by atoms with van der Waals surface area (Å²) in [6, 6.07) is 0. The molecule has 7 atom stereocenters. The smallest absolute Gasteiger partial charge is 0.462 e. The molecule has 0 spiro atoms. The van der Waals surface area contributed by atoms with Crippen LogP contribution < -0.4 is 0 Å². The lowest BCUT2D eigenvalue weighted by atomic mass is 9.99. The van der Waals surface area contributed by atoms with Crippen molar-refractivity contribution in [3.05, 3.63) is 0 Å². The van der Waals surface area contributed by atoms with Crippen LogP contribution in [0.5, 0.6) is 0 Å². The standard InChI is InChI=1S/C74H144O17P2/c1-9-66(7)52-44-36-28-19-15-13-11-12-14-16-20-32-40-48-56-73(78)90-69(61-85-72(77)55-47-39-31-25-23-29-37-45-53-67(8)10-2)62-88-92(80,81)86-58-68(75)59-87-93(82,83)89-63-70(60-84-71(76)54-46-38-30-24-22-27-35-43-51-65(5)6)91-74(79)57-49-41-33-21-17-18-26-34-42-50-64(3)4/h64-70,75H,9-63H2,1-8H3,(H,80,81)(H,82,83)/t66?,67?,68?,69-,70-/m1/s1. The number of esters is 4. The van der Waals surface area contributed by atoms with E-state index in [-0.39, 0.29) is 25.7 Å². The number of carbonyl (C=O) groups is 4. The summed E-state index contributed by atoms with van der Waals surface area (Å²) in [6.07, 6.45) is 47.1.